The number of sulfonamides is 1. The SMILES string of the molecule is CC(CN)S(=O)(=O)N1CCOc2ccccc2C1. The molecule has 0 saturated heterocycles. The summed E-state index contributed by atoms with van der Waals surface area (Å²) in [7, 11) is -3.35. The van der Waals surface area contributed by atoms with Crippen molar-refractivity contribution in [3.8, 4) is 5.75 Å². The van der Waals surface area contributed by atoms with E-state index in [-0.39, 0.29) is 6.54 Å². The van der Waals surface area contributed by atoms with Gasteiger partial charge in [-0.05, 0) is 13.0 Å². The van der Waals surface area contributed by atoms with Crippen LogP contribution in [0.5, 0.6) is 5.75 Å². The standard InChI is InChI=1S/C12H18N2O3S/c1-10(8-13)18(15,16)14-6-7-17-12-5-3-2-4-11(12)9-14/h2-5,10H,6-9,13H2,1H3. The maximum atomic E-state index is 12.3. The van der Waals surface area contributed by atoms with E-state index in [1.807, 2.05) is 24.3 Å². The highest BCUT2D eigenvalue weighted by atomic mass is 32.2. The average molecular weight is 270 g/mol. The summed E-state index contributed by atoms with van der Waals surface area (Å²) >= 11 is 0. The van der Waals surface area contributed by atoms with Gasteiger partial charge in [0.2, 0.25) is 10.0 Å². The molecule has 1 heterocycles. The Morgan fingerprint density at radius 3 is 2.89 bits per heavy atom. The van der Waals surface area contributed by atoms with Crippen molar-refractivity contribution in [1.82, 2.24) is 4.31 Å². The highest BCUT2D eigenvalue weighted by molar-refractivity contribution is 7.89. The zero-order valence-electron chi connectivity index (χ0n) is 10.4. The smallest absolute Gasteiger partial charge is 0.218 e. The van der Waals surface area contributed by atoms with E-state index in [1.165, 1.54) is 4.31 Å². The number of nitrogens with zero attached hydrogens (tertiary/aromatic N) is 1. The van der Waals surface area contributed by atoms with Crippen molar-refractivity contribution in [2.24, 2.45) is 5.73 Å². The van der Waals surface area contributed by atoms with Crippen molar-refractivity contribution in [2.75, 3.05) is 19.7 Å². The lowest BCUT2D eigenvalue weighted by Gasteiger charge is -2.23. The van der Waals surface area contributed by atoms with Crippen molar-refractivity contribution in [3.05, 3.63) is 29.8 Å². The zero-order chi connectivity index (χ0) is 13.2. The molecular formula is C12H18N2O3S. The molecule has 0 radical (unpaired) electrons. The van der Waals surface area contributed by atoms with Crippen LogP contribution in [0.3, 0.4) is 0 Å². The minimum atomic E-state index is -3.35. The van der Waals surface area contributed by atoms with Crippen LogP contribution in [0.25, 0.3) is 0 Å². The fraction of sp³-hybridized carbons (Fsp3) is 0.500. The largest absolute Gasteiger partial charge is 0.492 e. The van der Waals surface area contributed by atoms with E-state index in [4.69, 9.17) is 10.5 Å². The van der Waals surface area contributed by atoms with Gasteiger partial charge in [-0.15, -0.1) is 0 Å². The summed E-state index contributed by atoms with van der Waals surface area (Å²) in [6.07, 6.45) is 0. The lowest BCUT2D eigenvalue weighted by molar-refractivity contribution is 0.292. The fourth-order valence-electron chi connectivity index (χ4n) is 1.90. The molecule has 0 aliphatic carbocycles. The van der Waals surface area contributed by atoms with Crippen LogP contribution in [0.4, 0.5) is 0 Å². The summed E-state index contributed by atoms with van der Waals surface area (Å²) in [6.45, 7) is 2.84. The normalized spacial score (nSPS) is 18.6. The second-order valence-electron chi connectivity index (χ2n) is 4.38. The van der Waals surface area contributed by atoms with E-state index in [9.17, 15) is 8.42 Å². The first-order valence-electron chi connectivity index (χ1n) is 5.95. The van der Waals surface area contributed by atoms with Gasteiger partial charge in [-0.2, -0.15) is 4.31 Å². The molecule has 1 aliphatic heterocycles. The van der Waals surface area contributed by atoms with E-state index in [1.54, 1.807) is 6.92 Å². The van der Waals surface area contributed by atoms with Crippen LogP contribution in [-0.4, -0.2) is 37.7 Å². The molecule has 1 unspecified atom stereocenters. The zero-order valence-corrected chi connectivity index (χ0v) is 11.2. The highest BCUT2D eigenvalue weighted by Crippen LogP contribution is 2.24. The van der Waals surface area contributed by atoms with Crippen molar-refractivity contribution >= 4 is 10.0 Å². The van der Waals surface area contributed by atoms with Crippen LogP contribution in [0, 0.1) is 0 Å². The predicted octanol–water partition coefficient (Wildman–Crippen LogP) is 0.558. The van der Waals surface area contributed by atoms with Gasteiger partial charge in [0.25, 0.3) is 0 Å². The number of nitrogens with two attached hydrogens (primary N) is 1. The van der Waals surface area contributed by atoms with Crippen LogP contribution >= 0.6 is 0 Å². The first-order valence-corrected chi connectivity index (χ1v) is 7.45. The third kappa shape index (κ3) is 2.50. The number of ether oxygens (including phenoxy) is 1. The van der Waals surface area contributed by atoms with Crippen molar-refractivity contribution in [3.63, 3.8) is 0 Å². The maximum absolute atomic E-state index is 12.3. The summed E-state index contributed by atoms with van der Waals surface area (Å²) in [4.78, 5) is 0. The van der Waals surface area contributed by atoms with Gasteiger partial charge in [0.05, 0.1) is 5.25 Å². The van der Waals surface area contributed by atoms with Crippen LogP contribution in [0.1, 0.15) is 12.5 Å². The van der Waals surface area contributed by atoms with Crippen molar-refractivity contribution in [2.45, 2.75) is 18.7 Å². The molecule has 0 bridgehead atoms. The molecule has 1 aliphatic rings. The third-order valence-corrected chi connectivity index (χ3v) is 5.36. The maximum Gasteiger partial charge on any atom is 0.218 e. The van der Waals surface area contributed by atoms with Gasteiger partial charge in [-0.1, -0.05) is 18.2 Å². The van der Waals surface area contributed by atoms with E-state index in [0.717, 1.165) is 11.3 Å². The number of fused-ring (bicyclic) bond motifs is 1. The number of para-hydroxylation sites is 1. The third-order valence-electron chi connectivity index (χ3n) is 3.12. The molecule has 6 heteroatoms. The first-order chi connectivity index (χ1) is 8.55. The minimum Gasteiger partial charge on any atom is -0.492 e. The quantitative estimate of drug-likeness (QED) is 0.871. The Morgan fingerprint density at radius 1 is 1.44 bits per heavy atom. The molecule has 18 heavy (non-hydrogen) atoms. The number of rotatable bonds is 3. The lowest BCUT2D eigenvalue weighted by atomic mass is 10.2. The Hall–Kier alpha value is -1.11. The number of hydrogen-bond donors (Lipinski definition) is 1. The molecule has 0 amide bonds. The van der Waals surface area contributed by atoms with Crippen molar-refractivity contribution in [1.29, 1.82) is 0 Å². The van der Waals surface area contributed by atoms with Gasteiger partial charge in [0.1, 0.15) is 12.4 Å². The monoisotopic (exact) mass is 270 g/mol. The molecule has 0 aromatic heterocycles. The Balaban J connectivity index is 2.28. The van der Waals surface area contributed by atoms with Gasteiger partial charge >= 0.3 is 0 Å². The Labute approximate surface area is 108 Å². The summed E-state index contributed by atoms with van der Waals surface area (Å²) in [5, 5.41) is -0.567. The van der Waals surface area contributed by atoms with Crippen LogP contribution in [-0.2, 0) is 16.6 Å². The fourth-order valence-corrected chi connectivity index (χ4v) is 3.30. The molecule has 2 rings (SSSR count). The lowest BCUT2D eigenvalue weighted by Crippen LogP contribution is -2.41. The molecule has 0 fully saturated rings. The van der Waals surface area contributed by atoms with Gasteiger partial charge in [0, 0.05) is 25.2 Å². The average Bonchev–Trinajstić information content (AvgIpc) is 2.60. The molecule has 5 nitrogen and oxygen atoms in total. The summed E-state index contributed by atoms with van der Waals surface area (Å²) in [5.41, 5.74) is 6.35. The molecular weight excluding hydrogens is 252 g/mol. The van der Waals surface area contributed by atoms with Gasteiger partial charge in [-0.25, -0.2) is 8.42 Å². The van der Waals surface area contributed by atoms with Gasteiger partial charge in [0.15, 0.2) is 0 Å². The minimum absolute atomic E-state index is 0.126. The number of hydrogen-bond acceptors (Lipinski definition) is 4. The molecule has 1 atom stereocenters. The second kappa shape index (κ2) is 5.26. The Kier molecular flexibility index (Phi) is 3.89. The topological polar surface area (TPSA) is 72.6 Å². The molecule has 100 valence electrons. The van der Waals surface area contributed by atoms with Crippen LogP contribution in [0.2, 0.25) is 0 Å². The molecule has 2 N–H and O–H groups in total. The Morgan fingerprint density at radius 2 is 2.17 bits per heavy atom. The number of benzene rings is 1. The van der Waals surface area contributed by atoms with Crippen LogP contribution in [0.15, 0.2) is 24.3 Å². The molecule has 1 aromatic carbocycles. The van der Waals surface area contributed by atoms with E-state index >= 15 is 0 Å². The molecule has 0 spiro atoms. The van der Waals surface area contributed by atoms with Gasteiger partial charge in [-0.3, -0.25) is 0 Å². The van der Waals surface area contributed by atoms with E-state index in [2.05, 4.69) is 0 Å². The van der Waals surface area contributed by atoms with Crippen LogP contribution < -0.4 is 10.5 Å². The van der Waals surface area contributed by atoms with E-state index < -0.39 is 15.3 Å². The first kappa shape index (κ1) is 13.3. The summed E-state index contributed by atoms with van der Waals surface area (Å²) < 4.78 is 31.5. The summed E-state index contributed by atoms with van der Waals surface area (Å²) in [5.74, 6) is 0.760. The predicted molar refractivity (Wildman–Crippen MR) is 69.8 cm³/mol. The van der Waals surface area contributed by atoms with Gasteiger partial charge < -0.3 is 10.5 Å². The molecule has 1 aromatic rings. The van der Waals surface area contributed by atoms with Crippen molar-refractivity contribution < 1.29 is 13.2 Å². The highest BCUT2D eigenvalue weighted by Gasteiger charge is 2.29. The Bertz CT molecular complexity index is 516. The second-order valence-corrected chi connectivity index (χ2v) is 6.73. The molecule has 0 saturated carbocycles. The van der Waals surface area contributed by atoms with E-state index in [0.29, 0.717) is 19.7 Å². The summed E-state index contributed by atoms with van der Waals surface area (Å²) in [6, 6.07) is 7.50.